The normalized spacial score (nSPS) is 15.7. The zero-order chi connectivity index (χ0) is 22.1. The monoisotopic (exact) mass is 422 g/mol. The lowest BCUT2D eigenvalue weighted by atomic mass is 9.99. The smallest absolute Gasteiger partial charge is 0.332 e. The Morgan fingerprint density at radius 3 is 2.71 bits per heavy atom. The number of hydrogen-bond donors (Lipinski definition) is 1. The van der Waals surface area contributed by atoms with Crippen LogP contribution in [0, 0.1) is 0 Å². The van der Waals surface area contributed by atoms with Gasteiger partial charge in [-0.05, 0) is 49.6 Å². The third kappa shape index (κ3) is 3.84. The third-order valence-corrected chi connectivity index (χ3v) is 5.44. The summed E-state index contributed by atoms with van der Waals surface area (Å²) in [6, 6.07) is 0. The van der Waals surface area contributed by atoms with Crippen molar-refractivity contribution in [2.75, 3.05) is 6.61 Å². The SMILES string of the molecule is CC1=CCCC(c2nc3c(c(=O)n(CCCO)c(=O)n3C)n2CC2=C=C=C(F)C=C2)=C1. The van der Waals surface area contributed by atoms with Gasteiger partial charge in [0.05, 0.1) is 6.54 Å². The summed E-state index contributed by atoms with van der Waals surface area (Å²) in [5, 5.41) is 9.17. The molecule has 2 aromatic rings. The van der Waals surface area contributed by atoms with Crippen LogP contribution in [0.15, 0.2) is 62.3 Å². The molecule has 1 N–H and O–H groups in total. The summed E-state index contributed by atoms with van der Waals surface area (Å²) in [6.07, 6.45) is 8.96. The quantitative estimate of drug-likeness (QED) is 0.726. The summed E-state index contributed by atoms with van der Waals surface area (Å²) < 4.78 is 17.6. The number of aryl methyl sites for hydroxylation is 1. The maximum absolute atomic E-state index is 13.3. The van der Waals surface area contributed by atoms with E-state index in [-0.39, 0.29) is 26.1 Å². The number of fused-ring (bicyclic) bond motifs is 1. The highest BCUT2D eigenvalue weighted by Gasteiger charge is 2.23. The standard InChI is InChI=1S/C23H23FN4O3/c1-15-5-3-6-17(13-15)20-25-21-19(28(20)14-16-7-9-18(24)10-8-16)22(30)27(11-4-12-29)23(31)26(21)2/h5,7,9,13,29H,3-4,6,11-12,14H2,1-2H3. The number of allylic oxidation sites excluding steroid dienone is 8. The van der Waals surface area contributed by atoms with Crippen LogP contribution in [0.25, 0.3) is 16.7 Å². The predicted octanol–water partition coefficient (Wildman–Crippen LogP) is 2.51. The molecule has 2 aliphatic carbocycles. The lowest BCUT2D eigenvalue weighted by Gasteiger charge is -2.14. The molecule has 0 aromatic carbocycles. The molecule has 2 aliphatic rings. The van der Waals surface area contributed by atoms with E-state index in [1.54, 1.807) is 17.7 Å². The lowest BCUT2D eigenvalue weighted by Crippen LogP contribution is -2.40. The summed E-state index contributed by atoms with van der Waals surface area (Å²) in [4.78, 5) is 30.8. The fourth-order valence-electron chi connectivity index (χ4n) is 3.89. The highest BCUT2D eigenvalue weighted by atomic mass is 19.1. The fourth-order valence-corrected chi connectivity index (χ4v) is 3.89. The minimum atomic E-state index is -0.510. The van der Waals surface area contributed by atoms with Gasteiger partial charge < -0.3 is 9.67 Å². The maximum Gasteiger partial charge on any atom is 0.332 e. The van der Waals surface area contributed by atoms with Crippen molar-refractivity contribution in [2.24, 2.45) is 7.05 Å². The zero-order valence-corrected chi connectivity index (χ0v) is 17.5. The Labute approximate surface area is 177 Å². The van der Waals surface area contributed by atoms with Crippen molar-refractivity contribution in [1.82, 2.24) is 18.7 Å². The van der Waals surface area contributed by atoms with Gasteiger partial charge in [-0.2, -0.15) is 4.39 Å². The molecule has 31 heavy (non-hydrogen) atoms. The van der Waals surface area contributed by atoms with Gasteiger partial charge in [0.1, 0.15) is 5.82 Å². The highest BCUT2D eigenvalue weighted by molar-refractivity contribution is 5.77. The van der Waals surface area contributed by atoms with E-state index in [1.807, 2.05) is 13.0 Å². The van der Waals surface area contributed by atoms with E-state index < -0.39 is 17.1 Å². The topological polar surface area (TPSA) is 82.1 Å². The van der Waals surface area contributed by atoms with E-state index in [9.17, 15) is 19.1 Å². The first-order valence-electron chi connectivity index (χ1n) is 10.2. The number of rotatable bonds is 6. The summed E-state index contributed by atoms with van der Waals surface area (Å²) >= 11 is 0. The van der Waals surface area contributed by atoms with Gasteiger partial charge in [0.25, 0.3) is 5.56 Å². The number of aliphatic hydroxyl groups excluding tert-OH is 1. The van der Waals surface area contributed by atoms with Crippen LogP contribution in [0.5, 0.6) is 0 Å². The molecule has 7 nitrogen and oxygen atoms in total. The molecule has 0 fully saturated rings. The molecule has 0 aliphatic heterocycles. The van der Waals surface area contributed by atoms with Crippen LogP contribution in [0.4, 0.5) is 4.39 Å². The molecule has 0 radical (unpaired) electrons. The first kappa shape index (κ1) is 20.8. The van der Waals surface area contributed by atoms with Gasteiger partial charge in [0.15, 0.2) is 17.0 Å². The zero-order valence-electron chi connectivity index (χ0n) is 17.5. The molecule has 0 bridgehead atoms. The Morgan fingerprint density at radius 2 is 2.03 bits per heavy atom. The Balaban J connectivity index is 2.02. The molecule has 0 atom stereocenters. The van der Waals surface area contributed by atoms with Crippen LogP contribution < -0.4 is 11.2 Å². The molecule has 0 saturated carbocycles. The minimum absolute atomic E-state index is 0.111. The average molecular weight is 422 g/mol. The summed E-state index contributed by atoms with van der Waals surface area (Å²) in [5.74, 6) is 0.0937. The van der Waals surface area contributed by atoms with Gasteiger partial charge in [-0.1, -0.05) is 23.5 Å². The number of aliphatic hydroxyl groups is 1. The molecule has 8 heteroatoms. The molecule has 2 heterocycles. The summed E-state index contributed by atoms with van der Waals surface area (Å²) in [5.41, 5.74) is 7.58. The summed E-state index contributed by atoms with van der Waals surface area (Å²) in [7, 11) is 1.58. The van der Waals surface area contributed by atoms with Gasteiger partial charge in [-0.15, -0.1) is 0 Å². The molecule has 160 valence electrons. The van der Waals surface area contributed by atoms with Crippen molar-refractivity contribution in [3.05, 3.63) is 79.4 Å². The van der Waals surface area contributed by atoms with Crippen molar-refractivity contribution in [3.8, 4) is 0 Å². The Kier molecular flexibility index (Phi) is 5.61. The molecule has 0 spiro atoms. The van der Waals surface area contributed by atoms with E-state index >= 15 is 0 Å². The number of nitrogens with zero attached hydrogens (tertiary/aromatic N) is 4. The van der Waals surface area contributed by atoms with Crippen LogP contribution >= 0.6 is 0 Å². The molecule has 4 rings (SSSR count). The summed E-state index contributed by atoms with van der Waals surface area (Å²) in [6.45, 7) is 2.22. The highest BCUT2D eigenvalue weighted by Crippen LogP contribution is 2.28. The van der Waals surface area contributed by atoms with Crippen LogP contribution in [-0.2, 0) is 20.1 Å². The molecule has 0 unspecified atom stereocenters. The molecule has 2 aromatic heterocycles. The van der Waals surface area contributed by atoms with Crippen molar-refractivity contribution in [2.45, 2.75) is 39.3 Å². The molecule has 0 amide bonds. The molecule has 0 saturated heterocycles. The Bertz CT molecular complexity index is 1380. The van der Waals surface area contributed by atoms with Crippen LogP contribution in [-0.4, -0.2) is 30.4 Å². The van der Waals surface area contributed by atoms with E-state index in [2.05, 4.69) is 17.5 Å². The second-order valence-corrected chi connectivity index (χ2v) is 7.68. The fraction of sp³-hybridized carbons (Fsp3) is 0.348. The molecular formula is C23H23FN4O3. The number of halogens is 1. The van der Waals surface area contributed by atoms with Gasteiger partial charge in [0.2, 0.25) is 0 Å². The maximum atomic E-state index is 13.3. The van der Waals surface area contributed by atoms with Gasteiger partial charge in [-0.3, -0.25) is 13.9 Å². The van der Waals surface area contributed by atoms with Gasteiger partial charge in [0, 0.05) is 25.8 Å². The first-order chi connectivity index (χ1) is 14.9. The van der Waals surface area contributed by atoms with Crippen molar-refractivity contribution < 1.29 is 9.50 Å². The predicted molar refractivity (Wildman–Crippen MR) is 116 cm³/mol. The first-order valence-corrected chi connectivity index (χ1v) is 10.2. The Morgan fingerprint density at radius 1 is 1.23 bits per heavy atom. The van der Waals surface area contributed by atoms with Crippen LogP contribution in [0.3, 0.4) is 0 Å². The average Bonchev–Trinajstić information content (AvgIpc) is 3.13. The van der Waals surface area contributed by atoms with Crippen molar-refractivity contribution in [3.63, 3.8) is 0 Å². The second-order valence-electron chi connectivity index (χ2n) is 7.68. The largest absolute Gasteiger partial charge is 0.396 e. The van der Waals surface area contributed by atoms with Crippen molar-refractivity contribution >= 4 is 16.7 Å². The van der Waals surface area contributed by atoms with Crippen LogP contribution in [0.1, 0.15) is 32.0 Å². The third-order valence-electron chi connectivity index (χ3n) is 5.44. The second kappa shape index (κ2) is 8.36. The van der Waals surface area contributed by atoms with E-state index in [0.717, 1.165) is 28.6 Å². The van der Waals surface area contributed by atoms with Crippen molar-refractivity contribution in [1.29, 1.82) is 0 Å². The number of aromatic nitrogens is 4. The minimum Gasteiger partial charge on any atom is -0.396 e. The molecular weight excluding hydrogens is 399 g/mol. The number of imidazole rings is 1. The van der Waals surface area contributed by atoms with E-state index in [1.165, 1.54) is 10.6 Å². The van der Waals surface area contributed by atoms with E-state index in [4.69, 9.17) is 4.98 Å². The van der Waals surface area contributed by atoms with Gasteiger partial charge in [-0.25, -0.2) is 9.78 Å². The Hall–Kier alpha value is -3.44. The van der Waals surface area contributed by atoms with Crippen LogP contribution in [0.2, 0.25) is 0 Å². The lowest BCUT2D eigenvalue weighted by molar-refractivity contribution is 0.277. The van der Waals surface area contributed by atoms with Gasteiger partial charge >= 0.3 is 5.69 Å². The number of hydrogen-bond acceptors (Lipinski definition) is 4. The van der Waals surface area contributed by atoms with E-state index in [0.29, 0.717) is 22.6 Å².